The predicted molar refractivity (Wildman–Crippen MR) is 93.7 cm³/mol. The summed E-state index contributed by atoms with van der Waals surface area (Å²) < 4.78 is 26.5. The molecule has 2 atom stereocenters. The van der Waals surface area contributed by atoms with Gasteiger partial charge in [0.25, 0.3) is 0 Å². The third kappa shape index (κ3) is 4.87. The Hall–Kier alpha value is -1.76. The Bertz CT molecular complexity index is 676. The van der Waals surface area contributed by atoms with E-state index < -0.39 is 0 Å². The van der Waals surface area contributed by atoms with E-state index in [1.807, 2.05) is 30.2 Å². The molecule has 25 heavy (non-hydrogen) atoms. The van der Waals surface area contributed by atoms with Crippen molar-refractivity contribution in [1.29, 1.82) is 0 Å². The summed E-state index contributed by atoms with van der Waals surface area (Å²) >= 11 is 0. The number of likely N-dealkylation sites (tertiary alicyclic amines) is 1. The van der Waals surface area contributed by atoms with E-state index in [1.165, 1.54) is 11.6 Å². The second-order valence-electron chi connectivity index (χ2n) is 6.58. The Morgan fingerprint density at radius 1 is 1.28 bits per heavy atom. The second kappa shape index (κ2) is 8.56. The van der Waals surface area contributed by atoms with Crippen LogP contribution in [0.5, 0.6) is 0 Å². The van der Waals surface area contributed by atoms with Crippen LogP contribution in [0.3, 0.4) is 0 Å². The van der Waals surface area contributed by atoms with Crippen LogP contribution >= 0.6 is 0 Å². The molecule has 0 radical (unpaired) electrons. The molecule has 0 saturated carbocycles. The summed E-state index contributed by atoms with van der Waals surface area (Å²) in [4.78, 5) is 2.39. The highest BCUT2D eigenvalue weighted by molar-refractivity contribution is 5.17. The largest absolute Gasteiger partial charge is 0.382 e. The average molecular weight is 347 g/mol. The zero-order valence-corrected chi connectivity index (χ0v) is 14.9. The van der Waals surface area contributed by atoms with Crippen LogP contribution in [-0.4, -0.2) is 53.7 Å². The first-order valence-corrected chi connectivity index (χ1v) is 8.72. The van der Waals surface area contributed by atoms with Gasteiger partial charge in [-0.2, -0.15) is 5.10 Å². The Balaban J connectivity index is 1.70. The number of aryl methyl sites for hydroxylation is 1. The zero-order chi connectivity index (χ0) is 17.6. The van der Waals surface area contributed by atoms with Crippen molar-refractivity contribution in [3.63, 3.8) is 0 Å². The zero-order valence-electron chi connectivity index (χ0n) is 14.9. The first-order valence-electron chi connectivity index (χ1n) is 8.72. The van der Waals surface area contributed by atoms with Gasteiger partial charge < -0.3 is 9.47 Å². The van der Waals surface area contributed by atoms with E-state index in [4.69, 9.17) is 9.47 Å². The lowest BCUT2D eigenvalue weighted by Gasteiger charge is -2.28. The van der Waals surface area contributed by atoms with Gasteiger partial charge in [0, 0.05) is 39.5 Å². The number of hydrogen-bond donors (Lipinski definition) is 0. The molecular weight excluding hydrogens is 321 g/mol. The smallest absolute Gasteiger partial charge is 0.123 e. The highest BCUT2D eigenvalue weighted by Crippen LogP contribution is 2.26. The van der Waals surface area contributed by atoms with E-state index in [9.17, 15) is 4.39 Å². The van der Waals surface area contributed by atoms with Gasteiger partial charge in [-0.1, -0.05) is 12.1 Å². The lowest BCUT2D eigenvalue weighted by atomic mass is 10.0. The van der Waals surface area contributed by atoms with Gasteiger partial charge >= 0.3 is 0 Å². The standard InChI is InChI=1S/C19H26FN3O2/c1-22-13-16(12-21-22)11-18-19(25-9-8-24-2)6-7-23(18)14-15-4-3-5-17(20)10-15/h3-5,10,12-13,18-19H,6-9,11,14H2,1-2H3/t18-,19-/m0/s1. The normalized spacial score (nSPS) is 21.1. The van der Waals surface area contributed by atoms with Crippen LogP contribution in [0.1, 0.15) is 17.5 Å². The predicted octanol–water partition coefficient (Wildman–Crippen LogP) is 2.41. The highest BCUT2D eigenvalue weighted by atomic mass is 19.1. The molecule has 1 aliphatic rings. The van der Waals surface area contributed by atoms with E-state index in [0.29, 0.717) is 13.2 Å². The van der Waals surface area contributed by atoms with Gasteiger partial charge in [-0.25, -0.2) is 4.39 Å². The van der Waals surface area contributed by atoms with Crippen LogP contribution in [0.15, 0.2) is 36.7 Å². The Labute approximate surface area is 148 Å². The molecule has 0 unspecified atom stereocenters. The van der Waals surface area contributed by atoms with Crippen LogP contribution in [0.4, 0.5) is 4.39 Å². The number of benzene rings is 1. The molecule has 0 spiro atoms. The molecule has 136 valence electrons. The van der Waals surface area contributed by atoms with Crippen molar-refractivity contribution in [1.82, 2.24) is 14.7 Å². The summed E-state index contributed by atoms with van der Waals surface area (Å²) in [6, 6.07) is 7.09. The molecule has 5 nitrogen and oxygen atoms in total. The minimum Gasteiger partial charge on any atom is -0.382 e. The summed E-state index contributed by atoms with van der Waals surface area (Å²) in [6.45, 7) is 2.87. The fraction of sp³-hybridized carbons (Fsp3) is 0.526. The maximum Gasteiger partial charge on any atom is 0.123 e. The quantitative estimate of drug-likeness (QED) is 0.688. The Morgan fingerprint density at radius 3 is 2.88 bits per heavy atom. The summed E-state index contributed by atoms with van der Waals surface area (Å²) in [7, 11) is 3.61. The monoisotopic (exact) mass is 347 g/mol. The van der Waals surface area contributed by atoms with Gasteiger partial charge in [-0.3, -0.25) is 9.58 Å². The summed E-state index contributed by atoms with van der Waals surface area (Å²) in [5.41, 5.74) is 2.19. The summed E-state index contributed by atoms with van der Waals surface area (Å²) in [5, 5.41) is 4.27. The molecular formula is C19H26FN3O2. The van der Waals surface area contributed by atoms with Crippen molar-refractivity contribution in [2.75, 3.05) is 26.9 Å². The maximum atomic E-state index is 13.5. The summed E-state index contributed by atoms with van der Waals surface area (Å²) in [6.07, 6.45) is 5.96. The van der Waals surface area contributed by atoms with E-state index in [2.05, 4.69) is 10.00 Å². The Morgan fingerprint density at radius 2 is 2.16 bits per heavy atom. The molecule has 1 fully saturated rings. The number of hydrogen-bond acceptors (Lipinski definition) is 4. The minimum absolute atomic E-state index is 0.156. The number of nitrogens with zero attached hydrogens (tertiary/aromatic N) is 3. The van der Waals surface area contributed by atoms with Crippen molar-refractivity contribution in [3.05, 3.63) is 53.6 Å². The Kier molecular flexibility index (Phi) is 6.18. The van der Waals surface area contributed by atoms with E-state index in [-0.39, 0.29) is 18.0 Å². The van der Waals surface area contributed by atoms with Crippen LogP contribution < -0.4 is 0 Å². The first-order chi connectivity index (χ1) is 12.2. The van der Waals surface area contributed by atoms with Crippen molar-refractivity contribution in [2.45, 2.75) is 31.5 Å². The van der Waals surface area contributed by atoms with Crippen molar-refractivity contribution < 1.29 is 13.9 Å². The molecule has 0 N–H and O–H groups in total. The topological polar surface area (TPSA) is 39.5 Å². The molecule has 1 saturated heterocycles. The van der Waals surface area contributed by atoms with Gasteiger partial charge in [0.15, 0.2) is 0 Å². The van der Waals surface area contributed by atoms with Gasteiger partial charge in [0.2, 0.25) is 0 Å². The lowest BCUT2D eigenvalue weighted by molar-refractivity contribution is -0.00131. The number of ether oxygens (including phenoxy) is 2. The molecule has 0 aliphatic carbocycles. The number of rotatable bonds is 8. The molecule has 6 heteroatoms. The lowest BCUT2D eigenvalue weighted by Crippen LogP contribution is -2.38. The minimum atomic E-state index is -0.187. The third-order valence-electron chi connectivity index (χ3n) is 4.70. The molecule has 2 aromatic rings. The molecule has 1 aromatic carbocycles. The van der Waals surface area contributed by atoms with E-state index in [0.717, 1.165) is 31.5 Å². The van der Waals surface area contributed by atoms with Crippen LogP contribution in [-0.2, 0) is 29.5 Å². The molecule has 0 amide bonds. The molecule has 1 aromatic heterocycles. The number of methoxy groups -OCH3 is 1. The fourth-order valence-electron chi connectivity index (χ4n) is 3.51. The van der Waals surface area contributed by atoms with E-state index >= 15 is 0 Å². The molecule has 1 aliphatic heterocycles. The third-order valence-corrected chi connectivity index (χ3v) is 4.70. The molecule has 0 bridgehead atoms. The average Bonchev–Trinajstić information content (AvgIpc) is 3.16. The highest BCUT2D eigenvalue weighted by Gasteiger charge is 2.35. The maximum absolute atomic E-state index is 13.5. The second-order valence-corrected chi connectivity index (χ2v) is 6.58. The first kappa shape index (κ1) is 18.0. The summed E-state index contributed by atoms with van der Waals surface area (Å²) in [5.74, 6) is -0.187. The van der Waals surface area contributed by atoms with Gasteiger partial charge in [-0.15, -0.1) is 0 Å². The molecule has 3 rings (SSSR count). The van der Waals surface area contributed by atoms with Crippen LogP contribution in [0.25, 0.3) is 0 Å². The van der Waals surface area contributed by atoms with Gasteiger partial charge in [0.1, 0.15) is 5.82 Å². The van der Waals surface area contributed by atoms with Crippen molar-refractivity contribution >= 4 is 0 Å². The van der Waals surface area contributed by atoms with E-state index in [1.54, 1.807) is 19.2 Å². The van der Waals surface area contributed by atoms with Crippen molar-refractivity contribution in [2.24, 2.45) is 7.05 Å². The van der Waals surface area contributed by atoms with Gasteiger partial charge in [0.05, 0.1) is 25.5 Å². The fourth-order valence-corrected chi connectivity index (χ4v) is 3.51. The van der Waals surface area contributed by atoms with Crippen LogP contribution in [0.2, 0.25) is 0 Å². The van der Waals surface area contributed by atoms with Crippen molar-refractivity contribution in [3.8, 4) is 0 Å². The number of halogens is 1. The SMILES string of the molecule is COCCO[C@H]1CCN(Cc2cccc(F)c2)[C@H]1Cc1cnn(C)c1. The van der Waals surface area contributed by atoms with Gasteiger partial charge in [-0.05, 0) is 36.1 Å². The molecule has 2 heterocycles. The van der Waals surface area contributed by atoms with Crippen LogP contribution in [0, 0.1) is 5.82 Å². The number of aromatic nitrogens is 2.